The van der Waals surface area contributed by atoms with Crippen molar-refractivity contribution in [1.82, 2.24) is 0 Å². The quantitative estimate of drug-likeness (QED) is 0.615. The summed E-state index contributed by atoms with van der Waals surface area (Å²) in [6.45, 7) is 11.5. The lowest BCUT2D eigenvalue weighted by Crippen LogP contribution is -2.48. The second-order valence-electron chi connectivity index (χ2n) is 8.37. The Kier molecular flexibility index (Phi) is 4.04. The molecule has 0 unspecified atom stereocenters. The van der Waals surface area contributed by atoms with Gasteiger partial charge < -0.3 is 9.84 Å². The zero-order valence-electron chi connectivity index (χ0n) is 14.5. The van der Waals surface area contributed by atoms with Crippen molar-refractivity contribution in [3.05, 3.63) is 36.0 Å². The fourth-order valence-corrected chi connectivity index (χ4v) is 5.32. The van der Waals surface area contributed by atoms with E-state index in [-0.39, 0.29) is 5.41 Å². The molecule has 0 bridgehead atoms. The van der Waals surface area contributed by atoms with E-state index >= 15 is 0 Å². The standard InChI is InChI=1S/C20H28O3/c1-13-6-9-16-19(2,3)10-5-11-20(16,4)15(13)8-7-14-12-17(21)23-18(14)22/h7-8,12,15-16,18,22H,1,5-6,9-11H2,2-4H3/t15-,16-,18-,20+/m0/s1. The van der Waals surface area contributed by atoms with E-state index in [0.717, 1.165) is 6.42 Å². The van der Waals surface area contributed by atoms with Gasteiger partial charge in [0.15, 0.2) is 0 Å². The Morgan fingerprint density at radius 1 is 1.35 bits per heavy atom. The van der Waals surface area contributed by atoms with Gasteiger partial charge in [0.1, 0.15) is 0 Å². The highest BCUT2D eigenvalue weighted by Gasteiger charge is 2.52. The molecule has 0 saturated heterocycles. The first-order valence-electron chi connectivity index (χ1n) is 8.70. The van der Waals surface area contributed by atoms with Crippen LogP contribution in [-0.4, -0.2) is 17.4 Å². The van der Waals surface area contributed by atoms with Crippen LogP contribution in [0, 0.1) is 22.7 Å². The monoisotopic (exact) mass is 316 g/mol. The maximum Gasteiger partial charge on any atom is 0.333 e. The van der Waals surface area contributed by atoms with Gasteiger partial charge in [-0.05, 0) is 42.4 Å². The smallest absolute Gasteiger partial charge is 0.333 e. The lowest BCUT2D eigenvalue weighted by atomic mass is 9.47. The van der Waals surface area contributed by atoms with Crippen molar-refractivity contribution in [2.24, 2.45) is 22.7 Å². The van der Waals surface area contributed by atoms with E-state index in [0.29, 0.717) is 22.8 Å². The molecule has 3 aliphatic rings. The summed E-state index contributed by atoms with van der Waals surface area (Å²) in [5.74, 6) is 0.511. The van der Waals surface area contributed by atoms with Gasteiger partial charge in [-0.3, -0.25) is 0 Å². The maximum absolute atomic E-state index is 11.2. The van der Waals surface area contributed by atoms with Crippen LogP contribution in [-0.2, 0) is 9.53 Å². The molecule has 3 heteroatoms. The molecule has 2 aliphatic carbocycles. The fourth-order valence-electron chi connectivity index (χ4n) is 5.32. The van der Waals surface area contributed by atoms with Crippen LogP contribution < -0.4 is 0 Å². The molecule has 126 valence electrons. The molecule has 1 N–H and O–H groups in total. The number of aliphatic hydroxyl groups is 1. The highest BCUT2D eigenvalue weighted by Crippen LogP contribution is 2.61. The Hall–Kier alpha value is -1.35. The van der Waals surface area contributed by atoms with Crippen LogP contribution in [0.15, 0.2) is 36.0 Å². The normalized spacial score (nSPS) is 40.0. The molecule has 0 aromatic rings. The number of rotatable bonds is 2. The van der Waals surface area contributed by atoms with E-state index in [1.54, 1.807) is 0 Å². The minimum absolute atomic E-state index is 0.211. The van der Waals surface area contributed by atoms with Gasteiger partial charge >= 0.3 is 5.97 Å². The van der Waals surface area contributed by atoms with Crippen LogP contribution >= 0.6 is 0 Å². The van der Waals surface area contributed by atoms with Gasteiger partial charge in [0.25, 0.3) is 0 Å². The summed E-state index contributed by atoms with van der Waals surface area (Å²) in [4.78, 5) is 11.2. The number of esters is 1. The van der Waals surface area contributed by atoms with Crippen LogP contribution in [0.3, 0.4) is 0 Å². The average Bonchev–Trinajstić information content (AvgIpc) is 2.75. The zero-order valence-corrected chi connectivity index (χ0v) is 14.5. The molecule has 1 heterocycles. The average molecular weight is 316 g/mol. The molecule has 1 aliphatic heterocycles. The third-order valence-corrected chi connectivity index (χ3v) is 6.46. The number of fused-ring (bicyclic) bond motifs is 1. The second kappa shape index (κ2) is 5.62. The van der Waals surface area contributed by atoms with Crippen molar-refractivity contribution in [2.75, 3.05) is 0 Å². The van der Waals surface area contributed by atoms with Crippen LogP contribution in [0.2, 0.25) is 0 Å². The Bertz CT molecular complexity index is 584. The van der Waals surface area contributed by atoms with Gasteiger partial charge in [-0.2, -0.15) is 0 Å². The van der Waals surface area contributed by atoms with Crippen molar-refractivity contribution in [2.45, 2.75) is 59.2 Å². The van der Waals surface area contributed by atoms with Crippen LogP contribution in [0.1, 0.15) is 52.9 Å². The Balaban J connectivity index is 1.89. The molecule has 2 saturated carbocycles. The molecule has 0 aromatic heterocycles. The highest BCUT2D eigenvalue weighted by atomic mass is 16.6. The number of carbonyl (C=O) groups is 1. The van der Waals surface area contributed by atoms with E-state index in [2.05, 4.69) is 33.4 Å². The Labute approximate surface area is 139 Å². The van der Waals surface area contributed by atoms with Gasteiger partial charge in [0.05, 0.1) is 0 Å². The summed E-state index contributed by atoms with van der Waals surface area (Å²) < 4.78 is 4.76. The molecule has 23 heavy (non-hydrogen) atoms. The number of carbonyl (C=O) groups excluding carboxylic acids is 1. The van der Waals surface area contributed by atoms with Crippen molar-refractivity contribution >= 4 is 5.97 Å². The first-order valence-corrected chi connectivity index (χ1v) is 8.70. The van der Waals surface area contributed by atoms with Crippen molar-refractivity contribution in [3.8, 4) is 0 Å². The largest absolute Gasteiger partial charge is 0.428 e. The first kappa shape index (κ1) is 16.5. The van der Waals surface area contributed by atoms with Gasteiger partial charge in [-0.15, -0.1) is 0 Å². The van der Waals surface area contributed by atoms with E-state index in [9.17, 15) is 9.90 Å². The predicted molar refractivity (Wildman–Crippen MR) is 90.4 cm³/mol. The summed E-state index contributed by atoms with van der Waals surface area (Å²) in [5, 5.41) is 9.75. The van der Waals surface area contributed by atoms with E-state index in [1.807, 2.05) is 6.08 Å². The lowest BCUT2D eigenvalue weighted by molar-refractivity contribution is -0.150. The van der Waals surface area contributed by atoms with Crippen molar-refractivity contribution < 1.29 is 14.6 Å². The lowest BCUT2D eigenvalue weighted by Gasteiger charge is -2.57. The molecule has 0 radical (unpaired) electrons. The molecule has 4 atom stereocenters. The highest BCUT2D eigenvalue weighted by molar-refractivity contribution is 5.86. The zero-order chi connectivity index (χ0) is 16.8. The molecular formula is C20H28O3. The predicted octanol–water partition coefficient (Wildman–Crippen LogP) is 4.14. The number of allylic oxidation sites excluding steroid dienone is 2. The maximum atomic E-state index is 11.2. The first-order chi connectivity index (χ1) is 10.7. The number of aliphatic hydroxyl groups excluding tert-OH is 1. The summed E-state index contributed by atoms with van der Waals surface area (Å²) in [6.07, 6.45) is 10.3. The van der Waals surface area contributed by atoms with Crippen molar-refractivity contribution in [1.29, 1.82) is 0 Å². The number of hydrogen-bond donors (Lipinski definition) is 1. The van der Waals surface area contributed by atoms with Crippen LogP contribution in [0.5, 0.6) is 0 Å². The topological polar surface area (TPSA) is 46.5 Å². The molecule has 3 nitrogen and oxygen atoms in total. The van der Waals surface area contributed by atoms with Gasteiger partial charge in [0, 0.05) is 17.6 Å². The molecule has 3 rings (SSSR count). The number of cyclic esters (lactones) is 1. The summed E-state index contributed by atoms with van der Waals surface area (Å²) >= 11 is 0. The Morgan fingerprint density at radius 3 is 2.74 bits per heavy atom. The van der Waals surface area contributed by atoms with E-state index in [1.165, 1.54) is 37.3 Å². The fraction of sp³-hybridized carbons (Fsp3) is 0.650. The molecule has 0 aromatic carbocycles. The number of ether oxygens (including phenoxy) is 1. The SMILES string of the molecule is C=C1CC[C@H]2C(C)(C)CCC[C@]2(C)[C@H]1C=CC1=CC(=O)O[C@@H]1O. The molecular weight excluding hydrogens is 288 g/mol. The summed E-state index contributed by atoms with van der Waals surface area (Å²) in [7, 11) is 0. The molecule has 0 spiro atoms. The van der Waals surface area contributed by atoms with Gasteiger partial charge in [-0.25, -0.2) is 4.79 Å². The summed E-state index contributed by atoms with van der Waals surface area (Å²) in [6, 6.07) is 0. The van der Waals surface area contributed by atoms with E-state index in [4.69, 9.17) is 4.74 Å². The van der Waals surface area contributed by atoms with Crippen LogP contribution in [0.4, 0.5) is 0 Å². The van der Waals surface area contributed by atoms with Gasteiger partial charge in [-0.1, -0.05) is 51.5 Å². The minimum atomic E-state index is -1.12. The summed E-state index contributed by atoms with van der Waals surface area (Å²) in [5.41, 5.74) is 2.40. The number of hydrogen-bond acceptors (Lipinski definition) is 3. The minimum Gasteiger partial charge on any atom is -0.428 e. The second-order valence-corrected chi connectivity index (χ2v) is 8.37. The third kappa shape index (κ3) is 2.80. The van der Waals surface area contributed by atoms with Crippen molar-refractivity contribution in [3.63, 3.8) is 0 Å². The van der Waals surface area contributed by atoms with E-state index < -0.39 is 12.3 Å². The third-order valence-electron chi connectivity index (χ3n) is 6.46. The molecule has 0 amide bonds. The molecule has 2 fully saturated rings. The van der Waals surface area contributed by atoms with Crippen LogP contribution in [0.25, 0.3) is 0 Å². The van der Waals surface area contributed by atoms with Gasteiger partial charge in [0.2, 0.25) is 6.29 Å². The Morgan fingerprint density at radius 2 is 2.09 bits per heavy atom.